The first-order chi connectivity index (χ1) is 15.7. The summed E-state index contributed by atoms with van der Waals surface area (Å²) in [5.41, 5.74) is 4.03. The highest BCUT2D eigenvalue weighted by molar-refractivity contribution is 5.47. The summed E-state index contributed by atoms with van der Waals surface area (Å²) in [6.07, 6.45) is 7.52. The molecule has 0 amide bonds. The molecule has 5 rings (SSSR count). The number of fused-ring (bicyclic) bond motifs is 3. The van der Waals surface area contributed by atoms with Gasteiger partial charge in [0.1, 0.15) is 5.75 Å². The number of nitro groups is 1. The number of piperidine rings is 1. The van der Waals surface area contributed by atoms with Gasteiger partial charge in [0.05, 0.1) is 11.5 Å². The highest BCUT2D eigenvalue weighted by atomic mass is 16.6. The molecule has 0 spiro atoms. The summed E-state index contributed by atoms with van der Waals surface area (Å²) in [5.74, 6) is 1.21. The van der Waals surface area contributed by atoms with Crippen molar-refractivity contribution in [2.45, 2.75) is 50.5 Å². The zero-order chi connectivity index (χ0) is 21.9. The average Bonchev–Trinajstić information content (AvgIpc) is 3.31. The van der Waals surface area contributed by atoms with Gasteiger partial charge in [-0.25, -0.2) is 0 Å². The molecule has 32 heavy (non-hydrogen) atoms. The lowest BCUT2D eigenvalue weighted by Crippen LogP contribution is -2.34. The Hall–Kier alpha value is -2.44. The van der Waals surface area contributed by atoms with Crippen molar-refractivity contribution in [3.8, 4) is 5.75 Å². The fraction of sp³-hybridized carbons (Fsp3) is 0.538. The van der Waals surface area contributed by atoms with E-state index in [0.29, 0.717) is 6.04 Å². The lowest BCUT2D eigenvalue weighted by Gasteiger charge is -2.37. The van der Waals surface area contributed by atoms with E-state index in [-0.39, 0.29) is 16.5 Å². The van der Waals surface area contributed by atoms with Crippen LogP contribution in [0.1, 0.15) is 67.2 Å². The molecule has 0 N–H and O–H groups in total. The van der Waals surface area contributed by atoms with Crippen molar-refractivity contribution in [3.05, 3.63) is 69.3 Å². The average molecular weight is 436 g/mol. The van der Waals surface area contributed by atoms with E-state index in [9.17, 15) is 10.1 Å². The largest absolute Gasteiger partial charge is 0.494 e. The number of hydrogen-bond acceptors (Lipinski definition) is 5. The van der Waals surface area contributed by atoms with Gasteiger partial charge in [0.25, 0.3) is 5.69 Å². The van der Waals surface area contributed by atoms with Crippen LogP contribution < -0.4 is 4.74 Å². The van der Waals surface area contributed by atoms with Crippen LogP contribution >= 0.6 is 0 Å². The third-order valence-corrected chi connectivity index (χ3v) is 7.42. The standard InChI is InChI=1S/C26H33N3O3/c30-29(31)21-9-7-20(8-10-21)25-19-28-16-4-6-26(28)24-18-22(11-12-23(24)25)32-17-5-15-27-13-2-1-3-14-27/h7-12,18,25-26H,1-6,13-17,19H2/t25-,26?/m1/s1. The summed E-state index contributed by atoms with van der Waals surface area (Å²) in [4.78, 5) is 15.9. The number of ether oxygens (including phenoxy) is 1. The summed E-state index contributed by atoms with van der Waals surface area (Å²) >= 11 is 0. The second-order valence-corrected chi connectivity index (χ2v) is 9.45. The zero-order valence-corrected chi connectivity index (χ0v) is 18.7. The number of likely N-dealkylation sites (tertiary alicyclic amines) is 1. The molecule has 3 aliphatic heterocycles. The zero-order valence-electron chi connectivity index (χ0n) is 18.7. The monoisotopic (exact) mass is 435 g/mol. The number of rotatable bonds is 7. The molecule has 0 aliphatic carbocycles. The SMILES string of the molecule is O=[N+]([O-])c1ccc([C@H]2CN3CCCC3c3cc(OCCCN4CCCCC4)ccc32)cc1. The second-order valence-electron chi connectivity index (χ2n) is 9.45. The van der Waals surface area contributed by atoms with Crippen molar-refractivity contribution >= 4 is 5.69 Å². The highest BCUT2D eigenvalue weighted by Crippen LogP contribution is 2.45. The molecule has 0 aromatic heterocycles. The number of hydrogen-bond donors (Lipinski definition) is 0. The molecule has 6 nitrogen and oxygen atoms in total. The molecule has 0 saturated carbocycles. The van der Waals surface area contributed by atoms with Gasteiger partial charge in [-0.15, -0.1) is 0 Å². The topological polar surface area (TPSA) is 58.9 Å². The second kappa shape index (κ2) is 9.59. The van der Waals surface area contributed by atoms with E-state index < -0.39 is 0 Å². The first-order valence-corrected chi connectivity index (χ1v) is 12.2. The minimum Gasteiger partial charge on any atom is -0.494 e. The van der Waals surface area contributed by atoms with Gasteiger partial charge >= 0.3 is 0 Å². The number of nitrogens with zero attached hydrogens (tertiary/aromatic N) is 3. The Morgan fingerprint density at radius 2 is 1.78 bits per heavy atom. The van der Waals surface area contributed by atoms with E-state index in [1.54, 1.807) is 12.1 Å². The van der Waals surface area contributed by atoms with Gasteiger partial charge in [0.15, 0.2) is 0 Å². The van der Waals surface area contributed by atoms with Crippen LogP contribution in [0.15, 0.2) is 42.5 Å². The first kappa shape index (κ1) is 21.4. The van der Waals surface area contributed by atoms with Crippen molar-refractivity contribution < 1.29 is 9.66 Å². The summed E-state index contributed by atoms with van der Waals surface area (Å²) in [6, 6.07) is 14.2. The molecule has 3 heterocycles. The maximum atomic E-state index is 11.1. The third-order valence-electron chi connectivity index (χ3n) is 7.42. The highest BCUT2D eigenvalue weighted by Gasteiger charge is 2.36. The summed E-state index contributed by atoms with van der Waals surface area (Å²) < 4.78 is 6.17. The Labute approximate surface area is 190 Å². The van der Waals surface area contributed by atoms with Crippen LogP contribution in [0.2, 0.25) is 0 Å². The molecule has 0 radical (unpaired) electrons. The first-order valence-electron chi connectivity index (χ1n) is 12.2. The summed E-state index contributed by atoms with van der Waals surface area (Å²) in [5, 5.41) is 11.1. The van der Waals surface area contributed by atoms with Gasteiger partial charge in [0, 0.05) is 37.2 Å². The van der Waals surface area contributed by atoms with Crippen molar-refractivity contribution in [2.24, 2.45) is 0 Å². The normalized spacial score (nSPS) is 23.5. The molecule has 0 bridgehead atoms. The van der Waals surface area contributed by atoms with Crippen molar-refractivity contribution in [3.63, 3.8) is 0 Å². The number of non-ortho nitro benzene ring substituents is 1. The van der Waals surface area contributed by atoms with Crippen LogP contribution in [-0.4, -0.2) is 54.1 Å². The van der Waals surface area contributed by atoms with Gasteiger partial charge in [-0.3, -0.25) is 15.0 Å². The summed E-state index contributed by atoms with van der Waals surface area (Å²) in [6.45, 7) is 6.46. The molecule has 2 atom stereocenters. The molecule has 6 heteroatoms. The molecular weight excluding hydrogens is 402 g/mol. The quantitative estimate of drug-likeness (QED) is 0.343. The number of nitro benzene ring substituents is 1. The van der Waals surface area contributed by atoms with E-state index in [4.69, 9.17) is 4.74 Å². The van der Waals surface area contributed by atoms with Crippen molar-refractivity contribution in [1.82, 2.24) is 9.80 Å². The van der Waals surface area contributed by atoms with Gasteiger partial charge in [-0.05, 0) is 80.6 Å². The minimum absolute atomic E-state index is 0.150. The van der Waals surface area contributed by atoms with Crippen LogP contribution in [0.4, 0.5) is 5.69 Å². The number of benzene rings is 2. The molecule has 2 fully saturated rings. The Bertz CT molecular complexity index is 940. The molecule has 2 aromatic rings. The molecule has 1 unspecified atom stereocenters. The third kappa shape index (κ3) is 4.52. The Morgan fingerprint density at radius 3 is 2.56 bits per heavy atom. The van der Waals surface area contributed by atoms with E-state index in [1.165, 1.54) is 56.3 Å². The fourth-order valence-corrected chi connectivity index (χ4v) is 5.75. The van der Waals surface area contributed by atoms with Gasteiger partial charge < -0.3 is 9.64 Å². The van der Waals surface area contributed by atoms with Crippen molar-refractivity contribution in [2.75, 3.05) is 39.3 Å². The molecule has 2 saturated heterocycles. The van der Waals surface area contributed by atoms with Crippen LogP contribution in [0, 0.1) is 10.1 Å². The Morgan fingerprint density at radius 1 is 0.969 bits per heavy atom. The maximum absolute atomic E-state index is 11.1. The van der Waals surface area contributed by atoms with Crippen LogP contribution in [0.25, 0.3) is 0 Å². The van der Waals surface area contributed by atoms with Gasteiger partial charge in [0.2, 0.25) is 0 Å². The Kier molecular flexibility index (Phi) is 6.42. The molecule has 2 aromatic carbocycles. The fourth-order valence-electron chi connectivity index (χ4n) is 5.75. The predicted molar refractivity (Wildman–Crippen MR) is 125 cm³/mol. The van der Waals surface area contributed by atoms with Crippen LogP contribution in [0.5, 0.6) is 5.75 Å². The van der Waals surface area contributed by atoms with E-state index >= 15 is 0 Å². The molecule has 3 aliphatic rings. The van der Waals surface area contributed by atoms with Crippen LogP contribution in [0.3, 0.4) is 0 Å². The predicted octanol–water partition coefficient (Wildman–Crippen LogP) is 5.13. The smallest absolute Gasteiger partial charge is 0.269 e. The lowest BCUT2D eigenvalue weighted by molar-refractivity contribution is -0.384. The lowest BCUT2D eigenvalue weighted by atomic mass is 9.81. The van der Waals surface area contributed by atoms with E-state index in [1.807, 2.05) is 12.1 Å². The molecular formula is C26H33N3O3. The van der Waals surface area contributed by atoms with Crippen molar-refractivity contribution in [1.29, 1.82) is 0 Å². The Balaban J connectivity index is 1.30. The van der Waals surface area contributed by atoms with E-state index in [0.717, 1.165) is 44.0 Å². The van der Waals surface area contributed by atoms with Gasteiger partial charge in [-0.1, -0.05) is 24.6 Å². The summed E-state index contributed by atoms with van der Waals surface area (Å²) in [7, 11) is 0. The maximum Gasteiger partial charge on any atom is 0.269 e. The minimum atomic E-state index is -0.329. The molecule has 170 valence electrons. The van der Waals surface area contributed by atoms with Gasteiger partial charge in [-0.2, -0.15) is 0 Å². The van der Waals surface area contributed by atoms with Crippen LogP contribution in [-0.2, 0) is 0 Å². The van der Waals surface area contributed by atoms with E-state index in [2.05, 4.69) is 28.0 Å².